The number of hydrogen-bond acceptors (Lipinski definition) is 5. The summed E-state index contributed by atoms with van der Waals surface area (Å²) >= 11 is 3.15. The second-order valence-corrected chi connectivity index (χ2v) is 8.31. The van der Waals surface area contributed by atoms with Gasteiger partial charge in [-0.3, -0.25) is 14.9 Å². The molecule has 0 saturated carbocycles. The number of halogens is 1. The average molecular weight is 509 g/mol. The van der Waals surface area contributed by atoms with Crippen molar-refractivity contribution in [3.63, 3.8) is 0 Å². The van der Waals surface area contributed by atoms with Gasteiger partial charge in [-0.15, -0.1) is 0 Å². The molecule has 4 rings (SSSR count). The molecule has 168 valence electrons. The van der Waals surface area contributed by atoms with Crippen LogP contribution in [0.4, 0.5) is 10.5 Å². The highest BCUT2D eigenvalue weighted by atomic mass is 79.9. The summed E-state index contributed by atoms with van der Waals surface area (Å²) in [6, 6.07) is 21.2. The van der Waals surface area contributed by atoms with E-state index in [-0.39, 0.29) is 35.7 Å². The van der Waals surface area contributed by atoms with Crippen LogP contribution in [0.15, 0.2) is 72.8 Å². The minimum absolute atomic E-state index is 0.0355. The zero-order valence-electron chi connectivity index (χ0n) is 17.6. The van der Waals surface area contributed by atoms with Gasteiger partial charge >= 0.3 is 6.09 Å². The van der Waals surface area contributed by atoms with Crippen molar-refractivity contribution < 1.29 is 19.2 Å². The molecule has 0 bridgehead atoms. The molecule has 1 N–H and O–H groups in total. The Labute approximate surface area is 199 Å². The number of nitro groups is 1. The van der Waals surface area contributed by atoms with Crippen molar-refractivity contribution in [1.29, 1.82) is 0 Å². The summed E-state index contributed by atoms with van der Waals surface area (Å²) in [7, 11) is 0. The third-order valence-electron chi connectivity index (χ3n) is 5.74. The minimum atomic E-state index is -0.818. The third-order valence-corrected chi connectivity index (χ3v) is 6.30. The molecule has 1 aliphatic rings. The molecule has 0 radical (unpaired) electrons. The topological polar surface area (TPSA) is 98.5 Å². The Morgan fingerprint density at radius 1 is 0.970 bits per heavy atom. The summed E-state index contributed by atoms with van der Waals surface area (Å²) in [5.74, 6) is -0.301. The van der Waals surface area contributed by atoms with Crippen LogP contribution in [0.2, 0.25) is 0 Å². The van der Waals surface area contributed by atoms with E-state index < -0.39 is 17.1 Å². The number of alkyl carbamates (subject to hydrolysis) is 1. The van der Waals surface area contributed by atoms with Crippen LogP contribution in [0.3, 0.4) is 0 Å². The van der Waals surface area contributed by atoms with E-state index >= 15 is 0 Å². The standard InChI is InChI=1S/C25H21BrN2O5/c26-14-24(29)23(13-16-9-11-17(12-10-16)28(31)32)27-25(30)33-15-22-20-7-3-1-5-18(20)19-6-2-4-8-21(19)22/h1-12,22-23H,13-15H2,(H,27,30)/t23-/m0/s1. The van der Waals surface area contributed by atoms with E-state index in [0.29, 0.717) is 5.56 Å². The first kappa shape index (κ1) is 22.7. The summed E-state index contributed by atoms with van der Waals surface area (Å²) in [6.45, 7) is 0.145. The van der Waals surface area contributed by atoms with E-state index in [1.165, 1.54) is 12.1 Å². The fourth-order valence-corrected chi connectivity index (χ4v) is 4.50. The number of nitro benzene ring substituents is 1. The maximum atomic E-state index is 12.6. The molecule has 33 heavy (non-hydrogen) atoms. The molecule has 0 spiro atoms. The number of benzene rings is 3. The highest BCUT2D eigenvalue weighted by Crippen LogP contribution is 2.44. The van der Waals surface area contributed by atoms with Crippen molar-refractivity contribution in [2.24, 2.45) is 0 Å². The average Bonchev–Trinajstić information content (AvgIpc) is 3.16. The minimum Gasteiger partial charge on any atom is -0.449 e. The van der Waals surface area contributed by atoms with Crippen molar-refractivity contribution in [2.45, 2.75) is 18.4 Å². The summed E-state index contributed by atoms with van der Waals surface area (Å²) in [4.78, 5) is 35.3. The Kier molecular flexibility index (Phi) is 6.84. The van der Waals surface area contributed by atoms with Gasteiger partial charge < -0.3 is 10.1 Å². The molecule has 1 aliphatic carbocycles. The van der Waals surface area contributed by atoms with Gasteiger partial charge in [-0.05, 0) is 34.2 Å². The van der Waals surface area contributed by atoms with Gasteiger partial charge in [0.15, 0.2) is 5.78 Å². The van der Waals surface area contributed by atoms with E-state index in [1.54, 1.807) is 12.1 Å². The van der Waals surface area contributed by atoms with Gasteiger partial charge in [0.05, 0.1) is 16.3 Å². The molecule has 0 unspecified atom stereocenters. The molecule has 7 nitrogen and oxygen atoms in total. The highest BCUT2D eigenvalue weighted by molar-refractivity contribution is 9.09. The molecule has 3 aromatic carbocycles. The molecule has 8 heteroatoms. The lowest BCUT2D eigenvalue weighted by molar-refractivity contribution is -0.384. The van der Waals surface area contributed by atoms with Crippen molar-refractivity contribution in [1.82, 2.24) is 5.32 Å². The largest absolute Gasteiger partial charge is 0.449 e. The monoisotopic (exact) mass is 508 g/mol. The van der Waals surface area contributed by atoms with Gasteiger partial charge in [0.25, 0.3) is 5.69 Å². The lowest BCUT2D eigenvalue weighted by atomic mass is 9.98. The molecule has 1 amide bonds. The van der Waals surface area contributed by atoms with Crippen LogP contribution in [0.25, 0.3) is 11.1 Å². The second-order valence-electron chi connectivity index (χ2n) is 7.75. The number of Topliss-reactive ketones (excluding diaryl/α,β-unsaturated/α-hetero) is 1. The Hall–Kier alpha value is -3.52. The molecular weight excluding hydrogens is 488 g/mol. The first-order valence-corrected chi connectivity index (χ1v) is 11.5. The zero-order chi connectivity index (χ0) is 23.4. The van der Waals surface area contributed by atoms with Crippen molar-refractivity contribution in [3.8, 4) is 11.1 Å². The normalized spacial score (nSPS) is 13.0. The van der Waals surface area contributed by atoms with Gasteiger partial charge in [0.2, 0.25) is 0 Å². The number of non-ortho nitro benzene ring substituents is 1. The molecule has 0 heterocycles. The predicted molar refractivity (Wildman–Crippen MR) is 128 cm³/mol. The van der Waals surface area contributed by atoms with Gasteiger partial charge in [0.1, 0.15) is 6.61 Å². The van der Waals surface area contributed by atoms with Crippen LogP contribution in [-0.2, 0) is 16.0 Å². The van der Waals surface area contributed by atoms with Crippen molar-refractivity contribution in [2.75, 3.05) is 11.9 Å². The van der Waals surface area contributed by atoms with Crippen LogP contribution in [0.1, 0.15) is 22.6 Å². The van der Waals surface area contributed by atoms with E-state index in [9.17, 15) is 19.7 Å². The van der Waals surface area contributed by atoms with Crippen molar-refractivity contribution in [3.05, 3.63) is 99.6 Å². The Bertz CT molecular complexity index is 1150. The predicted octanol–water partition coefficient (Wildman–Crippen LogP) is 5.01. The number of alkyl halides is 1. The van der Waals surface area contributed by atoms with Crippen molar-refractivity contribution >= 4 is 33.5 Å². The molecule has 0 saturated heterocycles. The summed E-state index contributed by atoms with van der Waals surface area (Å²) in [5, 5.41) is 13.6. The molecule has 0 aliphatic heterocycles. The van der Waals surface area contributed by atoms with Crippen LogP contribution >= 0.6 is 15.9 Å². The SMILES string of the molecule is O=C(N[C@@H](Cc1ccc([N+](=O)[O-])cc1)C(=O)CBr)OCC1c2ccccc2-c2ccccc21. The van der Waals surface area contributed by atoms with Crippen LogP contribution in [-0.4, -0.2) is 34.8 Å². The van der Waals surface area contributed by atoms with Gasteiger partial charge in [0, 0.05) is 18.1 Å². The quantitative estimate of drug-likeness (QED) is 0.262. The number of amides is 1. The van der Waals surface area contributed by atoms with Crippen LogP contribution in [0, 0.1) is 10.1 Å². The summed E-state index contributed by atoms with van der Waals surface area (Å²) < 4.78 is 5.55. The van der Waals surface area contributed by atoms with E-state index in [1.807, 2.05) is 36.4 Å². The third kappa shape index (κ3) is 4.96. The fraction of sp³-hybridized carbons (Fsp3) is 0.200. The number of fused-ring (bicyclic) bond motifs is 3. The summed E-state index contributed by atoms with van der Waals surface area (Å²) in [5.41, 5.74) is 5.13. The van der Waals surface area contributed by atoms with E-state index in [4.69, 9.17) is 4.74 Å². The number of ether oxygens (including phenoxy) is 1. The number of rotatable bonds is 8. The van der Waals surface area contributed by atoms with Crippen LogP contribution < -0.4 is 5.32 Å². The molecule has 1 atom stereocenters. The van der Waals surface area contributed by atoms with Crippen LogP contribution in [0.5, 0.6) is 0 Å². The number of ketones is 1. The van der Waals surface area contributed by atoms with E-state index in [2.05, 4.69) is 33.4 Å². The lowest BCUT2D eigenvalue weighted by Gasteiger charge is -2.19. The summed E-state index contributed by atoms with van der Waals surface area (Å²) in [6.07, 6.45) is -0.481. The number of hydrogen-bond donors (Lipinski definition) is 1. The number of nitrogens with one attached hydrogen (secondary N) is 1. The number of carbonyl (C=O) groups excluding carboxylic acids is 2. The Morgan fingerprint density at radius 2 is 1.55 bits per heavy atom. The molecular formula is C25H21BrN2O5. The van der Waals surface area contributed by atoms with Gasteiger partial charge in [-0.25, -0.2) is 4.79 Å². The molecule has 0 fully saturated rings. The highest BCUT2D eigenvalue weighted by Gasteiger charge is 2.29. The molecule has 0 aromatic heterocycles. The van der Waals surface area contributed by atoms with E-state index in [0.717, 1.165) is 22.3 Å². The molecule has 3 aromatic rings. The van der Waals surface area contributed by atoms with Gasteiger partial charge in [-0.2, -0.15) is 0 Å². The zero-order valence-corrected chi connectivity index (χ0v) is 19.2. The fourth-order valence-electron chi connectivity index (χ4n) is 4.11. The number of nitrogens with zero attached hydrogens (tertiary/aromatic N) is 1. The lowest BCUT2D eigenvalue weighted by Crippen LogP contribution is -2.43. The smallest absolute Gasteiger partial charge is 0.407 e. The maximum Gasteiger partial charge on any atom is 0.407 e. The Balaban J connectivity index is 1.43. The maximum absolute atomic E-state index is 12.6. The first-order chi connectivity index (χ1) is 16.0. The Morgan fingerprint density at radius 3 is 2.09 bits per heavy atom. The number of carbonyl (C=O) groups is 2. The second kappa shape index (κ2) is 9.95. The van der Waals surface area contributed by atoms with Gasteiger partial charge in [-0.1, -0.05) is 76.6 Å². The first-order valence-electron chi connectivity index (χ1n) is 10.4.